The summed E-state index contributed by atoms with van der Waals surface area (Å²) in [6.07, 6.45) is 4.32. The van der Waals surface area contributed by atoms with Crippen LogP contribution < -0.4 is 5.32 Å². The Kier molecular flexibility index (Phi) is 7.57. The predicted molar refractivity (Wildman–Crippen MR) is 85.2 cm³/mol. The molecule has 1 N–H and O–H groups in total. The Labute approximate surface area is 125 Å². The maximum atomic E-state index is 4.38. The SMILES string of the molecule is CCC(CC)C(CNCc1ccc(Br)cn1)N(C)C. The first kappa shape index (κ1) is 16.6. The monoisotopic (exact) mass is 327 g/mol. The van der Waals surface area contributed by atoms with Crippen molar-refractivity contribution in [1.29, 1.82) is 0 Å². The van der Waals surface area contributed by atoms with Crippen LogP contribution in [0.15, 0.2) is 22.8 Å². The first-order valence-corrected chi connectivity index (χ1v) is 7.85. The van der Waals surface area contributed by atoms with Gasteiger partial charge in [-0.25, -0.2) is 0 Å². The van der Waals surface area contributed by atoms with Gasteiger partial charge in [-0.05, 0) is 48.1 Å². The molecule has 108 valence electrons. The van der Waals surface area contributed by atoms with Crippen LogP contribution in [0.1, 0.15) is 32.4 Å². The van der Waals surface area contributed by atoms with Crippen molar-refractivity contribution in [2.75, 3.05) is 20.6 Å². The lowest BCUT2D eigenvalue weighted by Gasteiger charge is -2.31. The molecule has 0 aliphatic rings. The molecule has 0 saturated heterocycles. The standard InChI is InChI=1S/C15H26BrN3/c1-5-12(6-2)15(19(3)4)11-17-10-14-8-7-13(16)9-18-14/h7-9,12,15,17H,5-6,10-11H2,1-4H3. The average molecular weight is 328 g/mol. The van der Waals surface area contributed by atoms with Gasteiger partial charge in [-0.3, -0.25) is 4.98 Å². The Morgan fingerprint density at radius 2 is 1.95 bits per heavy atom. The Hall–Kier alpha value is -0.450. The second-order valence-electron chi connectivity index (χ2n) is 5.21. The molecular weight excluding hydrogens is 302 g/mol. The molecule has 0 spiro atoms. The van der Waals surface area contributed by atoms with Gasteiger partial charge in [-0.1, -0.05) is 26.7 Å². The van der Waals surface area contributed by atoms with Gasteiger partial charge in [0.15, 0.2) is 0 Å². The van der Waals surface area contributed by atoms with E-state index in [1.165, 1.54) is 12.8 Å². The van der Waals surface area contributed by atoms with Gasteiger partial charge in [0.25, 0.3) is 0 Å². The van der Waals surface area contributed by atoms with Gasteiger partial charge in [0.05, 0.1) is 5.69 Å². The van der Waals surface area contributed by atoms with Gasteiger partial charge >= 0.3 is 0 Å². The van der Waals surface area contributed by atoms with Crippen molar-refractivity contribution in [3.05, 3.63) is 28.5 Å². The maximum Gasteiger partial charge on any atom is 0.0542 e. The van der Waals surface area contributed by atoms with E-state index in [2.05, 4.69) is 65.1 Å². The number of nitrogens with one attached hydrogen (secondary N) is 1. The smallest absolute Gasteiger partial charge is 0.0542 e. The largest absolute Gasteiger partial charge is 0.310 e. The van der Waals surface area contributed by atoms with E-state index < -0.39 is 0 Å². The topological polar surface area (TPSA) is 28.2 Å². The van der Waals surface area contributed by atoms with Crippen LogP contribution in [-0.2, 0) is 6.54 Å². The Morgan fingerprint density at radius 3 is 2.42 bits per heavy atom. The summed E-state index contributed by atoms with van der Waals surface area (Å²) in [5, 5.41) is 3.53. The number of hydrogen-bond acceptors (Lipinski definition) is 3. The van der Waals surface area contributed by atoms with Crippen molar-refractivity contribution < 1.29 is 0 Å². The summed E-state index contributed by atoms with van der Waals surface area (Å²) in [6, 6.07) is 4.68. The fourth-order valence-electron chi connectivity index (χ4n) is 2.46. The first-order valence-electron chi connectivity index (χ1n) is 7.06. The second-order valence-corrected chi connectivity index (χ2v) is 6.12. The van der Waals surface area contributed by atoms with Crippen LogP contribution >= 0.6 is 15.9 Å². The molecule has 1 heterocycles. The zero-order valence-corrected chi connectivity index (χ0v) is 14.1. The van der Waals surface area contributed by atoms with Crippen LogP contribution in [0.2, 0.25) is 0 Å². The number of pyridine rings is 1. The molecule has 0 aromatic carbocycles. The third-order valence-electron chi connectivity index (χ3n) is 3.70. The average Bonchev–Trinajstić information content (AvgIpc) is 2.40. The van der Waals surface area contributed by atoms with E-state index in [1.54, 1.807) is 0 Å². The summed E-state index contributed by atoms with van der Waals surface area (Å²) in [6.45, 7) is 6.40. The number of nitrogens with zero attached hydrogens (tertiary/aromatic N) is 2. The van der Waals surface area contributed by atoms with Crippen LogP contribution in [-0.4, -0.2) is 36.6 Å². The minimum atomic E-state index is 0.588. The van der Waals surface area contributed by atoms with Gasteiger partial charge in [0.2, 0.25) is 0 Å². The molecule has 0 fully saturated rings. The summed E-state index contributed by atoms with van der Waals surface area (Å²) in [4.78, 5) is 6.72. The third kappa shape index (κ3) is 5.59. The molecule has 1 atom stereocenters. The van der Waals surface area contributed by atoms with Crippen molar-refractivity contribution in [3.8, 4) is 0 Å². The molecule has 19 heavy (non-hydrogen) atoms. The van der Waals surface area contributed by atoms with Crippen LogP contribution in [0, 0.1) is 5.92 Å². The number of rotatable bonds is 8. The normalized spacial score (nSPS) is 13.2. The van der Waals surface area contributed by atoms with E-state index in [1.807, 2.05) is 12.3 Å². The van der Waals surface area contributed by atoms with E-state index >= 15 is 0 Å². The van der Waals surface area contributed by atoms with E-state index in [9.17, 15) is 0 Å². The molecule has 0 radical (unpaired) electrons. The van der Waals surface area contributed by atoms with Crippen molar-refractivity contribution in [2.45, 2.75) is 39.3 Å². The number of halogens is 1. The second kappa shape index (κ2) is 8.67. The number of aromatic nitrogens is 1. The van der Waals surface area contributed by atoms with Crippen LogP contribution in [0.25, 0.3) is 0 Å². The molecule has 1 unspecified atom stereocenters. The highest BCUT2D eigenvalue weighted by molar-refractivity contribution is 9.10. The number of likely N-dealkylation sites (N-methyl/N-ethyl adjacent to an activating group) is 1. The molecule has 0 aliphatic heterocycles. The molecule has 3 nitrogen and oxygen atoms in total. The van der Waals surface area contributed by atoms with Crippen molar-refractivity contribution in [1.82, 2.24) is 15.2 Å². The quantitative estimate of drug-likeness (QED) is 0.794. The Morgan fingerprint density at radius 1 is 1.26 bits per heavy atom. The predicted octanol–water partition coefficient (Wildman–Crippen LogP) is 3.30. The molecule has 0 bridgehead atoms. The summed E-state index contributed by atoms with van der Waals surface area (Å²) < 4.78 is 1.03. The molecule has 1 rings (SSSR count). The summed E-state index contributed by atoms with van der Waals surface area (Å²) in [5.41, 5.74) is 1.09. The maximum absolute atomic E-state index is 4.38. The summed E-state index contributed by atoms with van der Waals surface area (Å²) in [7, 11) is 4.34. The van der Waals surface area contributed by atoms with Crippen LogP contribution in [0.4, 0.5) is 0 Å². The van der Waals surface area contributed by atoms with Crippen molar-refractivity contribution in [2.24, 2.45) is 5.92 Å². The summed E-state index contributed by atoms with van der Waals surface area (Å²) in [5.74, 6) is 0.750. The lowest BCUT2D eigenvalue weighted by molar-refractivity contribution is 0.193. The third-order valence-corrected chi connectivity index (χ3v) is 4.17. The van der Waals surface area contributed by atoms with Gasteiger partial charge in [-0.2, -0.15) is 0 Å². The van der Waals surface area contributed by atoms with Gasteiger partial charge in [0.1, 0.15) is 0 Å². The highest BCUT2D eigenvalue weighted by Crippen LogP contribution is 2.16. The molecule has 4 heteroatoms. The minimum Gasteiger partial charge on any atom is -0.310 e. The molecule has 0 saturated carbocycles. The molecule has 0 amide bonds. The lowest BCUT2D eigenvalue weighted by atomic mass is 9.93. The number of hydrogen-bond donors (Lipinski definition) is 1. The van der Waals surface area contributed by atoms with E-state index in [0.717, 1.165) is 29.2 Å². The van der Waals surface area contributed by atoms with Crippen molar-refractivity contribution >= 4 is 15.9 Å². The highest BCUT2D eigenvalue weighted by atomic mass is 79.9. The van der Waals surface area contributed by atoms with E-state index in [-0.39, 0.29) is 0 Å². The Bertz CT molecular complexity index is 347. The zero-order chi connectivity index (χ0) is 14.3. The fourth-order valence-corrected chi connectivity index (χ4v) is 2.70. The Balaban J connectivity index is 2.46. The zero-order valence-electron chi connectivity index (χ0n) is 12.5. The van der Waals surface area contributed by atoms with E-state index in [0.29, 0.717) is 6.04 Å². The van der Waals surface area contributed by atoms with Gasteiger partial charge in [-0.15, -0.1) is 0 Å². The van der Waals surface area contributed by atoms with Gasteiger partial charge < -0.3 is 10.2 Å². The minimum absolute atomic E-state index is 0.588. The van der Waals surface area contributed by atoms with Crippen LogP contribution in [0.5, 0.6) is 0 Å². The van der Waals surface area contributed by atoms with Crippen molar-refractivity contribution in [3.63, 3.8) is 0 Å². The van der Waals surface area contributed by atoms with E-state index in [4.69, 9.17) is 0 Å². The fraction of sp³-hybridized carbons (Fsp3) is 0.667. The first-order chi connectivity index (χ1) is 9.08. The molecular formula is C15H26BrN3. The van der Waals surface area contributed by atoms with Crippen LogP contribution in [0.3, 0.4) is 0 Å². The highest BCUT2D eigenvalue weighted by Gasteiger charge is 2.19. The molecule has 0 aliphatic carbocycles. The molecule has 1 aromatic rings. The molecule has 1 aromatic heterocycles. The summed E-state index contributed by atoms with van der Waals surface area (Å²) >= 11 is 3.40. The lowest BCUT2D eigenvalue weighted by Crippen LogP contribution is -2.42. The van der Waals surface area contributed by atoms with Gasteiger partial charge in [0, 0.05) is 29.8 Å².